The third kappa shape index (κ3) is 4.39. The molecule has 2 N–H and O–H groups in total. The maximum Gasteiger partial charge on any atom is 0.277 e. The van der Waals surface area contributed by atoms with Gasteiger partial charge < -0.3 is 9.84 Å². The first kappa shape index (κ1) is 17.5. The Morgan fingerprint density at radius 2 is 2.04 bits per heavy atom. The number of phenols is 1. The van der Waals surface area contributed by atoms with E-state index in [4.69, 9.17) is 4.74 Å². The molecule has 0 fully saturated rings. The normalized spacial score (nSPS) is 13.5. The first-order valence-electron chi connectivity index (χ1n) is 8.18. The van der Waals surface area contributed by atoms with Crippen LogP contribution in [0.25, 0.3) is 0 Å². The van der Waals surface area contributed by atoms with Crippen molar-refractivity contribution in [2.24, 2.45) is 5.10 Å². The molecule has 0 unspecified atom stereocenters. The van der Waals surface area contributed by atoms with Crippen molar-refractivity contribution in [3.05, 3.63) is 57.6 Å². The zero-order valence-electron chi connectivity index (χ0n) is 13.7. The molecule has 0 spiro atoms. The number of carbonyl (C=O) groups excluding carboxylic acids is 1. The molecule has 0 aliphatic heterocycles. The van der Waals surface area contributed by atoms with Crippen LogP contribution in [0.3, 0.4) is 0 Å². The second kappa shape index (κ2) is 8.16. The van der Waals surface area contributed by atoms with Crippen LogP contribution in [-0.2, 0) is 17.6 Å². The number of para-hydroxylation sites is 1. The number of aromatic hydroxyl groups is 1. The number of hydrogen-bond acceptors (Lipinski definition) is 4. The minimum atomic E-state index is -0.365. The largest absolute Gasteiger partial charge is 0.507 e. The number of hydrazone groups is 1. The molecule has 6 heteroatoms. The number of nitrogens with one attached hydrogen (secondary N) is 1. The number of carbonyl (C=O) groups is 1. The molecule has 0 radical (unpaired) electrons. The first-order valence-corrected chi connectivity index (χ1v) is 8.97. The second-order valence-electron chi connectivity index (χ2n) is 5.86. The Kier molecular flexibility index (Phi) is 5.71. The summed E-state index contributed by atoms with van der Waals surface area (Å²) in [7, 11) is 0. The molecule has 0 bridgehead atoms. The van der Waals surface area contributed by atoms with Gasteiger partial charge in [-0.2, -0.15) is 5.10 Å². The molecule has 0 atom stereocenters. The summed E-state index contributed by atoms with van der Waals surface area (Å²) in [5.74, 6) is 0.409. The minimum Gasteiger partial charge on any atom is -0.507 e. The van der Waals surface area contributed by atoms with Gasteiger partial charge in [-0.3, -0.25) is 4.79 Å². The highest BCUT2D eigenvalue weighted by atomic mass is 79.9. The van der Waals surface area contributed by atoms with E-state index in [0.29, 0.717) is 11.3 Å². The zero-order valence-corrected chi connectivity index (χ0v) is 15.3. The molecule has 130 valence electrons. The van der Waals surface area contributed by atoms with Gasteiger partial charge in [0.25, 0.3) is 5.91 Å². The summed E-state index contributed by atoms with van der Waals surface area (Å²) < 4.78 is 6.55. The van der Waals surface area contributed by atoms with Gasteiger partial charge in [0.05, 0.1) is 10.7 Å². The predicted octanol–water partition coefficient (Wildman–Crippen LogP) is 3.56. The highest BCUT2D eigenvalue weighted by Gasteiger charge is 2.16. The van der Waals surface area contributed by atoms with Crippen LogP contribution in [0.15, 0.2) is 46.0 Å². The van der Waals surface area contributed by atoms with E-state index in [1.807, 2.05) is 6.07 Å². The van der Waals surface area contributed by atoms with Gasteiger partial charge in [0.15, 0.2) is 6.61 Å². The van der Waals surface area contributed by atoms with E-state index in [1.165, 1.54) is 30.2 Å². The van der Waals surface area contributed by atoms with Crippen LogP contribution in [0.2, 0.25) is 0 Å². The van der Waals surface area contributed by atoms with Crippen LogP contribution in [0.5, 0.6) is 11.5 Å². The monoisotopic (exact) mass is 402 g/mol. The maximum atomic E-state index is 11.9. The molecule has 1 aliphatic carbocycles. The Morgan fingerprint density at radius 3 is 2.88 bits per heavy atom. The van der Waals surface area contributed by atoms with Crippen molar-refractivity contribution in [3.8, 4) is 11.5 Å². The van der Waals surface area contributed by atoms with Crippen molar-refractivity contribution in [1.82, 2.24) is 5.43 Å². The van der Waals surface area contributed by atoms with Gasteiger partial charge in [-0.1, -0.05) is 18.2 Å². The number of nitrogens with zero attached hydrogens (tertiary/aromatic N) is 1. The lowest BCUT2D eigenvalue weighted by Crippen LogP contribution is -2.24. The summed E-state index contributed by atoms with van der Waals surface area (Å²) in [6, 6.07) is 10.7. The minimum absolute atomic E-state index is 0.106. The number of rotatable bonds is 5. The summed E-state index contributed by atoms with van der Waals surface area (Å²) in [6.45, 7) is -0.129. The zero-order chi connectivity index (χ0) is 17.6. The quantitative estimate of drug-likeness (QED) is 0.593. The van der Waals surface area contributed by atoms with Crippen molar-refractivity contribution in [2.75, 3.05) is 6.61 Å². The molecule has 2 aromatic rings. The van der Waals surface area contributed by atoms with Crippen molar-refractivity contribution < 1.29 is 14.6 Å². The molecule has 5 nitrogen and oxygen atoms in total. The summed E-state index contributed by atoms with van der Waals surface area (Å²) in [4.78, 5) is 11.9. The Balaban J connectivity index is 1.55. The number of fused-ring (bicyclic) bond motifs is 1. The van der Waals surface area contributed by atoms with Gasteiger partial charge in [-0.15, -0.1) is 0 Å². The summed E-state index contributed by atoms with van der Waals surface area (Å²) in [6.07, 6.45) is 5.91. The third-order valence-corrected chi connectivity index (χ3v) is 4.99. The lowest BCUT2D eigenvalue weighted by atomic mass is 9.92. The number of benzene rings is 2. The summed E-state index contributed by atoms with van der Waals surface area (Å²) in [5.41, 5.74) is 5.55. The van der Waals surface area contributed by atoms with Crippen molar-refractivity contribution in [3.63, 3.8) is 0 Å². The molecule has 1 amide bonds. The fourth-order valence-corrected chi connectivity index (χ4v) is 3.52. The van der Waals surface area contributed by atoms with E-state index in [9.17, 15) is 9.90 Å². The number of halogens is 1. The molecule has 3 rings (SSSR count). The molecule has 1 aliphatic rings. The molecule has 25 heavy (non-hydrogen) atoms. The number of amides is 1. The van der Waals surface area contributed by atoms with Gasteiger partial charge in [-0.25, -0.2) is 5.43 Å². The second-order valence-corrected chi connectivity index (χ2v) is 6.66. The van der Waals surface area contributed by atoms with E-state index in [1.54, 1.807) is 24.3 Å². The van der Waals surface area contributed by atoms with Crippen molar-refractivity contribution in [1.29, 1.82) is 0 Å². The van der Waals surface area contributed by atoms with E-state index >= 15 is 0 Å². The molecule has 0 heterocycles. The van der Waals surface area contributed by atoms with Gasteiger partial charge >= 0.3 is 0 Å². The lowest BCUT2D eigenvalue weighted by molar-refractivity contribution is -0.123. The molecule has 0 saturated carbocycles. The summed E-state index contributed by atoms with van der Waals surface area (Å²) >= 11 is 3.59. The Hall–Kier alpha value is -2.34. The first-order chi connectivity index (χ1) is 12.1. The molecular formula is C19H19BrN2O3. The number of phenolic OH excluding ortho intramolecular Hbond substituents is 1. The van der Waals surface area contributed by atoms with E-state index in [2.05, 4.69) is 32.5 Å². The van der Waals surface area contributed by atoms with Crippen LogP contribution in [0, 0.1) is 0 Å². The highest BCUT2D eigenvalue weighted by Crippen LogP contribution is 2.35. The van der Waals surface area contributed by atoms with Crippen LogP contribution >= 0.6 is 15.9 Å². The van der Waals surface area contributed by atoms with Gasteiger partial charge in [0, 0.05) is 5.56 Å². The van der Waals surface area contributed by atoms with Gasteiger partial charge in [-0.05, 0) is 70.9 Å². The molecule has 0 saturated heterocycles. The average molecular weight is 403 g/mol. The SMILES string of the molecule is O=C(COc1ccc2c(c1Br)CCCC2)N/N=C\c1ccccc1O. The van der Waals surface area contributed by atoms with E-state index in [0.717, 1.165) is 17.3 Å². The van der Waals surface area contributed by atoms with Crippen LogP contribution in [-0.4, -0.2) is 23.8 Å². The van der Waals surface area contributed by atoms with Crippen molar-refractivity contribution >= 4 is 28.1 Å². The topological polar surface area (TPSA) is 70.9 Å². The standard InChI is InChI=1S/C19H19BrN2O3/c20-19-15-7-3-1-5-13(15)9-10-17(19)25-12-18(24)22-21-11-14-6-2-4-8-16(14)23/h2,4,6,8-11,23H,1,3,5,7,12H2,(H,22,24)/b21-11-. The molecule has 0 aromatic heterocycles. The van der Waals surface area contributed by atoms with Crippen LogP contribution < -0.4 is 10.2 Å². The lowest BCUT2D eigenvalue weighted by Gasteiger charge is -2.19. The Labute approximate surface area is 154 Å². The third-order valence-electron chi connectivity index (χ3n) is 4.12. The fraction of sp³-hybridized carbons (Fsp3) is 0.263. The Bertz CT molecular complexity index is 805. The highest BCUT2D eigenvalue weighted by molar-refractivity contribution is 9.10. The predicted molar refractivity (Wildman–Crippen MR) is 100 cm³/mol. The van der Waals surface area contributed by atoms with Crippen LogP contribution in [0.4, 0.5) is 0 Å². The van der Waals surface area contributed by atoms with E-state index < -0.39 is 0 Å². The van der Waals surface area contributed by atoms with Gasteiger partial charge in [0.1, 0.15) is 11.5 Å². The molecular weight excluding hydrogens is 384 g/mol. The smallest absolute Gasteiger partial charge is 0.277 e. The summed E-state index contributed by atoms with van der Waals surface area (Å²) in [5, 5.41) is 13.5. The van der Waals surface area contributed by atoms with Crippen LogP contribution in [0.1, 0.15) is 29.5 Å². The van der Waals surface area contributed by atoms with Crippen molar-refractivity contribution in [2.45, 2.75) is 25.7 Å². The Morgan fingerprint density at radius 1 is 1.24 bits per heavy atom. The molecule has 2 aromatic carbocycles. The fourth-order valence-electron chi connectivity index (χ4n) is 2.82. The maximum absolute atomic E-state index is 11.9. The average Bonchev–Trinajstić information content (AvgIpc) is 2.63. The number of hydrogen-bond donors (Lipinski definition) is 2. The van der Waals surface area contributed by atoms with Gasteiger partial charge in [0.2, 0.25) is 0 Å². The number of ether oxygens (including phenoxy) is 1. The van der Waals surface area contributed by atoms with E-state index in [-0.39, 0.29) is 18.3 Å². The number of aryl methyl sites for hydroxylation is 1.